The van der Waals surface area contributed by atoms with E-state index in [1.165, 1.54) is 0 Å². The molecule has 0 aromatic carbocycles. The van der Waals surface area contributed by atoms with Crippen LogP contribution in [0, 0.1) is 0 Å². The molecule has 0 aliphatic carbocycles. The van der Waals surface area contributed by atoms with E-state index in [1.54, 1.807) is 0 Å². The molecule has 9 heavy (non-hydrogen) atoms. The molecule has 0 aliphatic heterocycles. The van der Waals surface area contributed by atoms with Gasteiger partial charge in [0, 0.05) is 0 Å². The molecule has 0 N–H and O–H groups in total. The normalized spacial score (nSPS) is 8.67. The number of hydrogen-bond donors (Lipinski definition) is 0. The molecule has 2 radical (unpaired) electrons. The average Bonchev–Trinajstić information content (AvgIpc) is 1.66. The fraction of sp³-hybridized carbons (Fsp3) is 1.00. The quantitative estimate of drug-likeness (QED) is 0.646. The first-order valence-corrected chi connectivity index (χ1v) is 4.42. The standard InChI is InChI=1S/C3H9N.C3H7O.Sn.H/c1-4(2)3;1-2-3-4;;/h1-3H3;2-3H2,1H3;;/q;-1;+1;. The predicted molar refractivity (Wildman–Crippen MR) is 43.0 cm³/mol. The molecule has 0 unspecified atom stereocenters. The summed E-state index contributed by atoms with van der Waals surface area (Å²) in [6.07, 6.45) is 1.15. The van der Waals surface area contributed by atoms with Gasteiger partial charge in [-0.1, -0.05) is 0 Å². The van der Waals surface area contributed by atoms with Crippen LogP contribution in [0.1, 0.15) is 13.3 Å². The van der Waals surface area contributed by atoms with E-state index in [4.69, 9.17) is 3.07 Å². The van der Waals surface area contributed by atoms with Crippen LogP contribution < -0.4 is 0 Å². The topological polar surface area (TPSA) is 12.5 Å². The molecule has 0 heterocycles. The van der Waals surface area contributed by atoms with Crippen LogP contribution in [0.4, 0.5) is 0 Å². The fourth-order valence-electron chi connectivity index (χ4n) is 0.118. The Kier molecular flexibility index (Phi) is 15.9. The van der Waals surface area contributed by atoms with Crippen LogP contribution in [0.3, 0.4) is 0 Å². The first kappa shape index (κ1) is 12.4. The third-order valence-electron chi connectivity index (χ3n) is 0.322. The van der Waals surface area contributed by atoms with E-state index in [9.17, 15) is 0 Å². The van der Waals surface area contributed by atoms with Gasteiger partial charge in [0.25, 0.3) is 0 Å². The third-order valence-corrected chi connectivity index (χ3v) is 0.995. The molecule has 2 nitrogen and oxygen atoms in total. The molecule has 0 fully saturated rings. The first-order chi connectivity index (χ1) is 4.15. The van der Waals surface area contributed by atoms with Crippen molar-refractivity contribution in [1.29, 1.82) is 0 Å². The minimum absolute atomic E-state index is 0.947. The van der Waals surface area contributed by atoms with Crippen molar-refractivity contribution in [3.05, 3.63) is 0 Å². The van der Waals surface area contributed by atoms with E-state index in [0.717, 1.165) is 36.0 Å². The Morgan fingerprint density at radius 3 is 1.67 bits per heavy atom. The van der Waals surface area contributed by atoms with Crippen LogP contribution in [0.2, 0.25) is 0 Å². The van der Waals surface area contributed by atoms with Crippen molar-refractivity contribution in [2.24, 2.45) is 0 Å². The van der Waals surface area contributed by atoms with Gasteiger partial charge in [-0.15, -0.1) is 0 Å². The zero-order valence-corrected chi connectivity index (χ0v) is 10.1. The van der Waals surface area contributed by atoms with Gasteiger partial charge in [0.05, 0.1) is 0 Å². The second-order valence-electron chi connectivity index (χ2n) is 2.21. The summed E-state index contributed by atoms with van der Waals surface area (Å²) in [6, 6.07) is 0. The van der Waals surface area contributed by atoms with Crippen LogP contribution in [-0.4, -0.2) is 55.6 Å². The van der Waals surface area contributed by atoms with Crippen LogP contribution in [0.5, 0.6) is 0 Å². The maximum Gasteiger partial charge on any atom is -0.0140 e. The molecule has 0 rings (SSSR count). The summed E-state index contributed by atoms with van der Waals surface area (Å²) in [6.45, 7) is 3.05. The van der Waals surface area contributed by atoms with Crippen molar-refractivity contribution in [1.82, 2.24) is 4.90 Å². The van der Waals surface area contributed by atoms with Crippen molar-refractivity contribution in [3.8, 4) is 0 Å². The molecular weight excluding hydrogens is 221 g/mol. The molecule has 0 saturated carbocycles. The summed E-state index contributed by atoms with van der Waals surface area (Å²) in [5.41, 5.74) is 0. The minimum atomic E-state index is 0.947. The number of hydrogen-bond acceptors (Lipinski definition) is 2. The molecule has 0 atom stereocenters. The molecule has 0 aliphatic rings. The van der Waals surface area contributed by atoms with E-state index in [-0.39, 0.29) is 0 Å². The van der Waals surface area contributed by atoms with Gasteiger partial charge in [0.15, 0.2) is 0 Å². The zero-order valence-electron chi connectivity index (χ0n) is 6.85. The second-order valence-corrected chi connectivity index (χ2v) is 3.16. The molecule has 0 aromatic rings. The first-order valence-electron chi connectivity index (χ1n) is 3.07. The fourth-order valence-corrected chi connectivity index (χ4v) is 0.791. The van der Waals surface area contributed by atoms with Crippen LogP contribution in [0.15, 0.2) is 0 Å². The summed E-state index contributed by atoms with van der Waals surface area (Å²) in [7, 11) is 6.00. The van der Waals surface area contributed by atoms with E-state index < -0.39 is 0 Å². The molecule has 56 valence electrons. The monoisotopic (exact) mass is 239 g/mol. The number of nitrogens with zero attached hydrogens (tertiary/aromatic N) is 1. The minimum Gasteiger partial charge on any atom is -0.312 e. The van der Waals surface area contributed by atoms with Crippen molar-refractivity contribution in [2.75, 3.05) is 27.7 Å². The SMILES string of the molecule is CCC[O][SnH].CN(C)C. The third kappa shape index (κ3) is 53.2. The van der Waals surface area contributed by atoms with Crippen molar-refractivity contribution in [3.63, 3.8) is 0 Å². The largest absolute Gasteiger partial charge is 0.312 e. The Morgan fingerprint density at radius 2 is 1.67 bits per heavy atom. The molecule has 0 bridgehead atoms. The Labute approximate surface area is 72.2 Å². The van der Waals surface area contributed by atoms with Gasteiger partial charge < -0.3 is 4.90 Å². The predicted octanol–water partition coefficient (Wildman–Crippen LogP) is 0.407. The van der Waals surface area contributed by atoms with Gasteiger partial charge in [0.2, 0.25) is 0 Å². The Hall–Kier alpha value is 0.719. The second kappa shape index (κ2) is 11.5. The van der Waals surface area contributed by atoms with Gasteiger partial charge in [0.1, 0.15) is 0 Å². The Balaban J connectivity index is 0. The summed E-state index contributed by atoms with van der Waals surface area (Å²) >= 11 is 0.951. The molecule has 0 spiro atoms. The summed E-state index contributed by atoms with van der Waals surface area (Å²) in [5, 5.41) is 0. The van der Waals surface area contributed by atoms with Gasteiger partial charge in [-0.3, -0.25) is 0 Å². The molecular formula is C6H17NOSn. The van der Waals surface area contributed by atoms with Crippen LogP contribution >= 0.6 is 0 Å². The van der Waals surface area contributed by atoms with Gasteiger partial charge in [-0.25, -0.2) is 0 Å². The van der Waals surface area contributed by atoms with Crippen molar-refractivity contribution >= 4 is 22.9 Å². The Morgan fingerprint density at radius 1 is 1.33 bits per heavy atom. The van der Waals surface area contributed by atoms with Gasteiger partial charge in [-0.2, -0.15) is 0 Å². The average molecular weight is 238 g/mol. The summed E-state index contributed by atoms with van der Waals surface area (Å²) in [4.78, 5) is 2.00. The molecule has 3 heteroatoms. The maximum absolute atomic E-state index is 4.82. The van der Waals surface area contributed by atoms with Gasteiger partial charge in [-0.05, 0) is 21.1 Å². The molecule has 0 amide bonds. The number of rotatable bonds is 2. The molecule has 0 aromatic heterocycles. The maximum atomic E-state index is 4.82. The van der Waals surface area contributed by atoms with E-state index in [1.807, 2.05) is 26.0 Å². The Bertz CT molecular complexity index is 37.3. The summed E-state index contributed by atoms with van der Waals surface area (Å²) < 4.78 is 4.82. The summed E-state index contributed by atoms with van der Waals surface area (Å²) in [5.74, 6) is 0. The van der Waals surface area contributed by atoms with Crippen molar-refractivity contribution in [2.45, 2.75) is 13.3 Å². The van der Waals surface area contributed by atoms with Crippen molar-refractivity contribution < 1.29 is 3.07 Å². The van der Waals surface area contributed by atoms with E-state index in [0.29, 0.717) is 0 Å². The van der Waals surface area contributed by atoms with Crippen LogP contribution in [0.25, 0.3) is 0 Å². The van der Waals surface area contributed by atoms with Crippen LogP contribution in [-0.2, 0) is 3.07 Å². The van der Waals surface area contributed by atoms with Gasteiger partial charge >= 0.3 is 46.0 Å². The van der Waals surface area contributed by atoms with E-state index in [2.05, 4.69) is 6.92 Å². The molecule has 0 saturated heterocycles. The van der Waals surface area contributed by atoms with E-state index >= 15 is 0 Å². The zero-order chi connectivity index (χ0) is 7.70. The smallest absolute Gasteiger partial charge is 0.0140 e.